The monoisotopic (exact) mass is 295 g/mol. The van der Waals surface area contributed by atoms with Crippen molar-refractivity contribution in [2.75, 3.05) is 0 Å². The summed E-state index contributed by atoms with van der Waals surface area (Å²) in [5.74, 6) is 0. The summed E-state index contributed by atoms with van der Waals surface area (Å²) in [6, 6.07) is 21.0. The molecule has 2 nitrogen and oxygen atoms in total. The van der Waals surface area contributed by atoms with Crippen molar-refractivity contribution in [3.05, 3.63) is 84.4 Å². The Kier molecular flexibility index (Phi) is 6.88. The molecular formula is C20H25NO. The molecule has 2 aromatic carbocycles. The van der Waals surface area contributed by atoms with E-state index >= 15 is 0 Å². The van der Waals surface area contributed by atoms with Crippen LogP contribution in [0.4, 0.5) is 0 Å². The fraction of sp³-hybridized carbons (Fsp3) is 0.300. The third-order valence-electron chi connectivity index (χ3n) is 3.75. The largest absolute Gasteiger partial charge is 0.372 e. The van der Waals surface area contributed by atoms with Gasteiger partial charge in [0.25, 0.3) is 0 Å². The van der Waals surface area contributed by atoms with Crippen LogP contribution in [0.15, 0.2) is 73.3 Å². The highest BCUT2D eigenvalue weighted by atomic mass is 16.5. The maximum Gasteiger partial charge on any atom is 0.0721 e. The van der Waals surface area contributed by atoms with Gasteiger partial charge in [0.15, 0.2) is 0 Å². The van der Waals surface area contributed by atoms with Crippen LogP contribution in [0.2, 0.25) is 0 Å². The van der Waals surface area contributed by atoms with E-state index in [1.807, 2.05) is 30.3 Å². The summed E-state index contributed by atoms with van der Waals surface area (Å²) in [4.78, 5) is 0. The lowest BCUT2D eigenvalue weighted by Gasteiger charge is -2.25. The van der Waals surface area contributed by atoms with Crippen LogP contribution in [0.5, 0.6) is 0 Å². The maximum atomic E-state index is 6.02. The van der Waals surface area contributed by atoms with E-state index in [9.17, 15) is 0 Å². The molecule has 0 bridgehead atoms. The van der Waals surface area contributed by atoms with Gasteiger partial charge in [-0.05, 0) is 24.5 Å². The lowest BCUT2D eigenvalue weighted by Crippen LogP contribution is -2.39. The Labute approximate surface area is 133 Å². The average molecular weight is 295 g/mol. The second kappa shape index (κ2) is 9.19. The van der Waals surface area contributed by atoms with Crippen LogP contribution >= 0.6 is 0 Å². The van der Waals surface area contributed by atoms with Crippen LogP contribution in [0.25, 0.3) is 0 Å². The van der Waals surface area contributed by atoms with Gasteiger partial charge in [-0.25, -0.2) is 0 Å². The van der Waals surface area contributed by atoms with Gasteiger partial charge in [-0.3, -0.25) is 0 Å². The highest BCUT2D eigenvalue weighted by Crippen LogP contribution is 2.10. The third-order valence-corrected chi connectivity index (χ3v) is 3.75. The highest BCUT2D eigenvalue weighted by molar-refractivity contribution is 5.15. The van der Waals surface area contributed by atoms with Crippen LogP contribution in [0, 0.1) is 0 Å². The second-order valence-corrected chi connectivity index (χ2v) is 5.50. The summed E-state index contributed by atoms with van der Waals surface area (Å²) in [6.45, 7) is 7.47. The van der Waals surface area contributed by atoms with Crippen molar-refractivity contribution < 1.29 is 4.74 Å². The van der Waals surface area contributed by atoms with Gasteiger partial charge in [0.2, 0.25) is 0 Å². The first kappa shape index (κ1) is 16.5. The van der Waals surface area contributed by atoms with Crippen LogP contribution in [0.3, 0.4) is 0 Å². The minimum Gasteiger partial charge on any atom is -0.372 e. The Morgan fingerprint density at radius 3 is 2.18 bits per heavy atom. The Morgan fingerprint density at radius 1 is 1.00 bits per heavy atom. The average Bonchev–Trinajstić information content (AvgIpc) is 2.58. The summed E-state index contributed by atoms with van der Waals surface area (Å²) in [7, 11) is 0. The van der Waals surface area contributed by atoms with Crippen molar-refractivity contribution in [2.45, 2.75) is 38.6 Å². The van der Waals surface area contributed by atoms with E-state index in [1.54, 1.807) is 0 Å². The van der Waals surface area contributed by atoms with E-state index in [1.165, 1.54) is 11.1 Å². The van der Waals surface area contributed by atoms with Crippen LogP contribution in [-0.2, 0) is 17.9 Å². The molecule has 0 fully saturated rings. The fourth-order valence-corrected chi connectivity index (χ4v) is 2.38. The summed E-state index contributed by atoms with van der Waals surface area (Å²) >= 11 is 0. The van der Waals surface area contributed by atoms with Gasteiger partial charge in [0, 0.05) is 12.6 Å². The molecule has 2 aromatic rings. The molecule has 2 atom stereocenters. The first-order valence-corrected chi connectivity index (χ1v) is 7.83. The van der Waals surface area contributed by atoms with Gasteiger partial charge in [0.1, 0.15) is 0 Å². The quantitative estimate of drug-likeness (QED) is 0.695. The molecule has 0 saturated heterocycles. The lowest BCUT2D eigenvalue weighted by atomic mass is 10.1. The van der Waals surface area contributed by atoms with Gasteiger partial charge in [0.05, 0.1) is 12.7 Å². The standard InChI is InChI=1S/C20H25NO/c1-3-10-20(21-15-18-11-6-4-7-12-18)17(2)22-16-19-13-8-5-9-14-19/h3-9,11-14,17,20-21H,1,10,15-16H2,2H3/t17-,20-/m0/s1. The van der Waals surface area contributed by atoms with Crippen LogP contribution in [0.1, 0.15) is 24.5 Å². The first-order chi connectivity index (χ1) is 10.8. The zero-order valence-corrected chi connectivity index (χ0v) is 13.2. The molecule has 22 heavy (non-hydrogen) atoms. The molecule has 0 heterocycles. The van der Waals surface area contributed by atoms with Gasteiger partial charge in [-0.15, -0.1) is 6.58 Å². The maximum absolute atomic E-state index is 6.02. The molecule has 2 rings (SSSR count). The molecule has 0 aliphatic rings. The van der Waals surface area contributed by atoms with Crippen LogP contribution < -0.4 is 5.32 Å². The molecule has 0 radical (unpaired) electrons. The zero-order chi connectivity index (χ0) is 15.6. The van der Waals surface area contributed by atoms with Crippen molar-refractivity contribution in [1.82, 2.24) is 5.32 Å². The van der Waals surface area contributed by atoms with E-state index in [0.29, 0.717) is 6.61 Å². The topological polar surface area (TPSA) is 21.3 Å². The lowest BCUT2D eigenvalue weighted by molar-refractivity contribution is 0.0272. The number of ether oxygens (including phenoxy) is 1. The molecule has 0 aliphatic heterocycles. The van der Waals surface area contributed by atoms with Crippen molar-refractivity contribution in [1.29, 1.82) is 0 Å². The SMILES string of the molecule is C=CC[C@H](NCc1ccccc1)[C@H](C)OCc1ccccc1. The molecule has 116 valence electrons. The normalized spacial score (nSPS) is 13.5. The van der Waals surface area contributed by atoms with E-state index in [0.717, 1.165) is 13.0 Å². The summed E-state index contributed by atoms with van der Waals surface area (Å²) in [6.07, 6.45) is 2.97. The predicted octanol–water partition coefficient (Wildman–Crippen LogP) is 4.33. The summed E-state index contributed by atoms with van der Waals surface area (Å²) in [5.41, 5.74) is 2.49. The molecule has 0 unspecified atom stereocenters. The van der Waals surface area contributed by atoms with Gasteiger partial charge >= 0.3 is 0 Å². The highest BCUT2D eigenvalue weighted by Gasteiger charge is 2.16. The number of rotatable bonds is 9. The number of benzene rings is 2. The molecular weight excluding hydrogens is 270 g/mol. The summed E-state index contributed by atoms with van der Waals surface area (Å²) < 4.78 is 6.02. The Balaban J connectivity index is 1.85. The Morgan fingerprint density at radius 2 is 1.59 bits per heavy atom. The minimum atomic E-state index is 0.127. The predicted molar refractivity (Wildman–Crippen MR) is 92.6 cm³/mol. The minimum absolute atomic E-state index is 0.127. The van der Waals surface area contributed by atoms with E-state index in [-0.39, 0.29) is 12.1 Å². The van der Waals surface area contributed by atoms with Crippen molar-refractivity contribution >= 4 is 0 Å². The second-order valence-electron chi connectivity index (χ2n) is 5.50. The first-order valence-electron chi connectivity index (χ1n) is 7.83. The number of hydrogen-bond acceptors (Lipinski definition) is 2. The van der Waals surface area contributed by atoms with E-state index in [4.69, 9.17) is 4.74 Å². The van der Waals surface area contributed by atoms with Crippen molar-refractivity contribution in [3.8, 4) is 0 Å². The fourth-order valence-electron chi connectivity index (χ4n) is 2.38. The molecule has 2 heteroatoms. The molecule has 0 aliphatic carbocycles. The third kappa shape index (κ3) is 5.47. The summed E-state index contributed by atoms with van der Waals surface area (Å²) in [5, 5.41) is 3.58. The van der Waals surface area contributed by atoms with E-state index < -0.39 is 0 Å². The number of nitrogens with one attached hydrogen (secondary N) is 1. The molecule has 0 amide bonds. The van der Waals surface area contributed by atoms with E-state index in [2.05, 4.69) is 55.2 Å². The Hall–Kier alpha value is -1.90. The smallest absolute Gasteiger partial charge is 0.0721 e. The van der Waals surface area contributed by atoms with Gasteiger partial charge in [-0.2, -0.15) is 0 Å². The van der Waals surface area contributed by atoms with Crippen molar-refractivity contribution in [3.63, 3.8) is 0 Å². The Bertz CT molecular complexity index is 538. The number of hydrogen-bond donors (Lipinski definition) is 1. The van der Waals surface area contributed by atoms with Crippen LogP contribution in [-0.4, -0.2) is 12.1 Å². The molecule has 0 aromatic heterocycles. The van der Waals surface area contributed by atoms with Gasteiger partial charge in [-0.1, -0.05) is 66.7 Å². The van der Waals surface area contributed by atoms with Crippen molar-refractivity contribution in [2.24, 2.45) is 0 Å². The molecule has 0 spiro atoms. The zero-order valence-electron chi connectivity index (χ0n) is 13.2. The van der Waals surface area contributed by atoms with Gasteiger partial charge < -0.3 is 10.1 Å². The molecule has 0 saturated carbocycles. The molecule has 1 N–H and O–H groups in total.